The van der Waals surface area contributed by atoms with Crippen molar-refractivity contribution < 1.29 is 17.9 Å². The van der Waals surface area contributed by atoms with Crippen LogP contribution in [0.5, 0.6) is 5.75 Å². The number of alkyl halides is 3. The van der Waals surface area contributed by atoms with Crippen LogP contribution in [0.3, 0.4) is 0 Å². The molecule has 0 aliphatic heterocycles. The first kappa shape index (κ1) is 19.6. The minimum atomic E-state index is -4.61. The predicted molar refractivity (Wildman–Crippen MR) is 99.3 cm³/mol. The zero-order chi connectivity index (χ0) is 19.3. The van der Waals surface area contributed by atoms with Crippen LogP contribution in [0.25, 0.3) is 0 Å². The number of nitrogens with zero attached hydrogens (tertiary/aromatic N) is 2. The highest BCUT2D eigenvalue weighted by Gasteiger charge is 2.35. The molecule has 0 heterocycles. The molecule has 0 amide bonds. The molecule has 0 aromatic heterocycles. The second-order valence-electron chi connectivity index (χ2n) is 5.84. The summed E-state index contributed by atoms with van der Waals surface area (Å²) in [5.74, 6) is 0.447. The van der Waals surface area contributed by atoms with E-state index in [4.69, 9.17) is 4.74 Å². The number of benzene rings is 1. The predicted octanol–water partition coefficient (Wildman–Crippen LogP) is 5.64. The van der Waals surface area contributed by atoms with Crippen molar-refractivity contribution >= 4 is 11.4 Å². The smallest absolute Gasteiger partial charge is 0.435 e. The molecule has 138 valence electrons. The van der Waals surface area contributed by atoms with Gasteiger partial charge in [-0.1, -0.05) is 37.0 Å². The SMILES string of the molecule is C=C/C(=N\N(C(=C)C1C=CC(C)=CC1)c1ccc(OC)cc1)C(F)(F)F. The molecular formula is C20H21F3N2O. The first-order chi connectivity index (χ1) is 12.3. The highest BCUT2D eigenvalue weighted by atomic mass is 19.4. The van der Waals surface area contributed by atoms with Crippen LogP contribution in [-0.4, -0.2) is 19.0 Å². The Morgan fingerprint density at radius 1 is 1.31 bits per heavy atom. The Morgan fingerprint density at radius 3 is 2.42 bits per heavy atom. The van der Waals surface area contributed by atoms with Gasteiger partial charge in [0.2, 0.25) is 0 Å². The van der Waals surface area contributed by atoms with E-state index in [2.05, 4.69) is 18.3 Å². The van der Waals surface area contributed by atoms with Crippen LogP contribution in [-0.2, 0) is 0 Å². The molecule has 1 aliphatic carbocycles. The van der Waals surface area contributed by atoms with Crippen molar-refractivity contribution in [2.24, 2.45) is 11.0 Å². The third kappa shape index (κ3) is 4.65. The molecule has 0 spiro atoms. The molecule has 0 saturated heterocycles. The van der Waals surface area contributed by atoms with Gasteiger partial charge in [0, 0.05) is 11.6 Å². The highest BCUT2D eigenvalue weighted by Crippen LogP contribution is 2.31. The van der Waals surface area contributed by atoms with Crippen LogP contribution in [0.1, 0.15) is 13.3 Å². The van der Waals surface area contributed by atoms with E-state index in [1.165, 1.54) is 12.1 Å². The fraction of sp³-hybridized carbons (Fsp3) is 0.250. The van der Waals surface area contributed by atoms with Crippen LogP contribution in [0.2, 0.25) is 0 Å². The number of methoxy groups -OCH3 is 1. The van der Waals surface area contributed by atoms with Crippen molar-refractivity contribution in [1.29, 1.82) is 0 Å². The van der Waals surface area contributed by atoms with Crippen molar-refractivity contribution in [3.63, 3.8) is 0 Å². The summed E-state index contributed by atoms with van der Waals surface area (Å²) < 4.78 is 44.6. The van der Waals surface area contributed by atoms with E-state index < -0.39 is 11.9 Å². The van der Waals surface area contributed by atoms with E-state index in [1.54, 1.807) is 24.3 Å². The van der Waals surface area contributed by atoms with Crippen molar-refractivity contribution in [2.45, 2.75) is 19.5 Å². The second-order valence-corrected chi connectivity index (χ2v) is 5.84. The largest absolute Gasteiger partial charge is 0.497 e. The molecule has 3 nitrogen and oxygen atoms in total. The number of halogens is 3. The van der Waals surface area contributed by atoms with Gasteiger partial charge in [-0.15, -0.1) is 0 Å². The topological polar surface area (TPSA) is 24.8 Å². The quantitative estimate of drug-likeness (QED) is 0.483. The molecule has 0 N–H and O–H groups in total. The second kappa shape index (κ2) is 8.08. The lowest BCUT2D eigenvalue weighted by atomic mass is 9.94. The number of hydrazone groups is 1. The molecule has 1 atom stereocenters. The number of allylic oxidation sites excluding steroid dienone is 5. The average Bonchev–Trinajstić information content (AvgIpc) is 2.62. The van der Waals surface area contributed by atoms with E-state index in [0.717, 1.165) is 5.57 Å². The fourth-order valence-corrected chi connectivity index (χ4v) is 2.46. The molecule has 0 radical (unpaired) electrons. The molecule has 6 heteroatoms. The van der Waals surface area contributed by atoms with E-state index in [1.807, 2.05) is 25.2 Å². The van der Waals surface area contributed by atoms with E-state index in [9.17, 15) is 13.2 Å². The maximum atomic E-state index is 13.2. The van der Waals surface area contributed by atoms with Gasteiger partial charge in [0.15, 0.2) is 5.71 Å². The molecule has 0 bridgehead atoms. The number of anilines is 1. The van der Waals surface area contributed by atoms with Gasteiger partial charge in [0.1, 0.15) is 5.75 Å². The normalized spacial score (nSPS) is 17.5. The van der Waals surface area contributed by atoms with Gasteiger partial charge in [-0.05, 0) is 43.7 Å². The Bertz CT molecular complexity index is 758. The van der Waals surface area contributed by atoms with Gasteiger partial charge >= 0.3 is 6.18 Å². The maximum Gasteiger partial charge on any atom is 0.435 e. The van der Waals surface area contributed by atoms with Crippen molar-refractivity contribution in [3.05, 3.63) is 73.0 Å². The lowest BCUT2D eigenvalue weighted by molar-refractivity contribution is -0.0578. The number of rotatable bonds is 6. The highest BCUT2D eigenvalue weighted by molar-refractivity contribution is 5.99. The summed E-state index contributed by atoms with van der Waals surface area (Å²) in [6.45, 7) is 9.20. The molecule has 1 aromatic carbocycles. The standard InChI is InChI=1S/C20H21F3N2O/c1-5-19(20(21,22)23)24-25(17-10-12-18(26-4)13-11-17)15(3)16-8-6-14(2)7-9-16/h5-8,10-13,16H,1,3,9H2,2,4H3/b24-19+. The van der Waals surface area contributed by atoms with Gasteiger partial charge in [0.25, 0.3) is 0 Å². The van der Waals surface area contributed by atoms with E-state index in [0.29, 0.717) is 29.6 Å². The Kier molecular flexibility index (Phi) is 6.08. The van der Waals surface area contributed by atoms with E-state index >= 15 is 0 Å². The fourth-order valence-electron chi connectivity index (χ4n) is 2.46. The Labute approximate surface area is 151 Å². The lowest BCUT2D eigenvalue weighted by Gasteiger charge is -2.28. The minimum Gasteiger partial charge on any atom is -0.497 e. The number of ether oxygens (including phenoxy) is 1. The minimum absolute atomic E-state index is 0.149. The number of hydrogen-bond donors (Lipinski definition) is 0. The summed E-state index contributed by atoms with van der Waals surface area (Å²) in [5.41, 5.74) is 0.925. The molecular weight excluding hydrogens is 341 g/mol. The van der Waals surface area contributed by atoms with Crippen LogP contribution < -0.4 is 9.75 Å². The van der Waals surface area contributed by atoms with Crippen molar-refractivity contribution in [3.8, 4) is 5.75 Å². The zero-order valence-electron chi connectivity index (χ0n) is 14.8. The molecule has 1 unspecified atom stereocenters. The lowest BCUT2D eigenvalue weighted by Crippen LogP contribution is -2.28. The average molecular weight is 362 g/mol. The maximum absolute atomic E-state index is 13.2. The third-order valence-corrected chi connectivity index (χ3v) is 3.99. The Hall–Kier alpha value is -2.76. The molecule has 0 fully saturated rings. The van der Waals surface area contributed by atoms with Gasteiger partial charge in [0.05, 0.1) is 12.8 Å². The summed E-state index contributed by atoms with van der Waals surface area (Å²) in [7, 11) is 1.52. The third-order valence-electron chi connectivity index (χ3n) is 3.99. The van der Waals surface area contributed by atoms with Crippen LogP contribution >= 0.6 is 0 Å². The molecule has 2 rings (SSSR count). The molecule has 0 saturated carbocycles. The summed E-state index contributed by atoms with van der Waals surface area (Å²) in [4.78, 5) is 0. The first-order valence-corrected chi connectivity index (χ1v) is 8.02. The summed E-state index contributed by atoms with van der Waals surface area (Å²) in [6.07, 6.45) is 2.61. The van der Waals surface area contributed by atoms with Crippen LogP contribution in [0, 0.1) is 5.92 Å². The zero-order valence-corrected chi connectivity index (χ0v) is 14.8. The van der Waals surface area contributed by atoms with E-state index in [-0.39, 0.29) is 5.92 Å². The Morgan fingerprint density at radius 2 is 1.96 bits per heavy atom. The van der Waals surface area contributed by atoms with Gasteiger partial charge < -0.3 is 4.74 Å². The van der Waals surface area contributed by atoms with Crippen LogP contribution in [0.15, 0.2) is 78.1 Å². The van der Waals surface area contributed by atoms with Crippen LogP contribution in [0.4, 0.5) is 18.9 Å². The van der Waals surface area contributed by atoms with Gasteiger partial charge in [-0.3, -0.25) is 0 Å². The van der Waals surface area contributed by atoms with Crippen molar-refractivity contribution in [2.75, 3.05) is 12.1 Å². The first-order valence-electron chi connectivity index (χ1n) is 8.02. The molecule has 1 aliphatic rings. The summed E-state index contributed by atoms with van der Waals surface area (Å²) >= 11 is 0. The summed E-state index contributed by atoms with van der Waals surface area (Å²) in [5, 5.41) is 5.01. The monoisotopic (exact) mass is 362 g/mol. The van der Waals surface area contributed by atoms with Crippen molar-refractivity contribution in [1.82, 2.24) is 0 Å². The Balaban J connectivity index is 2.44. The number of hydrogen-bond acceptors (Lipinski definition) is 3. The molecule has 26 heavy (non-hydrogen) atoms. The molecule has 1 aromatic rings. The summed E-state index contributed by atoms with van der Waals surface area (Å²) in [6, 6.07) is 6.59. The van der Waals surface area contributed by atoms with Gasteiger partial charge in [-0.25, -0.2) is 5.01 Å². The van der Waals surface area contributed by atoms with Gasteiger partial charge in [-0.2, -0.15) is 18.3 Å².